The highest BCUT2D eigenvalue weighted by molar-refractivity contribution is 6.16. The molecule has 0 N–H and O–H groups in total. The molecule has 3 heterocycles. The lowest BCUT2D eigenvalue weighted by atomic mass is 9.84. The first-order valence-corrected chi connectivity index (χ1v) is 9.78. The Kier molecular flexibility index (Phi) is 4.04. The number of anilines is 1. The van der Waals surface area contributed by atoms with Gasteiger partial charge in [0.05, 0.1) is 10.9 Å². The van der Waals surface area contributed by atoms with E-state index in [4.69, 9.17) is 9.15 Å². The van der Waals surface area contributed by atoms with E-state index >= 15 is 0 Å². The van der Waals surface area contributed by atoms with E-state index in [1.54, 1.807) is 44.5 Å². The molecule has 0 saturated heterocycles. The summed E-state index contributed by atoms with van der Waals surface area (Å²) in [4.78, 5) is 43.9. The third kappa shape index (κ3) is 2.15. The van der Waals surface area contributed by atoms with Gasteiger partial charge in [0.25, 0.3) is 11.8 Å². The standard InChI is InChI=1S/C23H20N2O5/c1-24-16-10-5-4-9-15(16)23(22(24)28)18-19(26)14-8-3-6-11-17(14)30-20(18)21(27)25(23)12-7-13-29-2/h3-6,8-11H,7,12-13H2,1-2H3/t23-/m0/s1. The molecular weight excluding hydrogens is 384 g/mol. The molecule has 3 aromatic rings. The Labute approximate surface area is 172 Å². The molecule has 1 atom stereocenters. The van der Waals surface area contributed by atoms with Gasteiger partial charge >= 0.3 is 0 Å². The summed E-state index contributed by atoms with van der Waals surface area (Å²) in [6.07, 6.45) is 0.519. The van der Waals surface area contributed by atoms with Crippen molar-refractivity contribution >= 4 is 28.5 Å². The fourth-order valence-electron chi connectivity index (χ4n) is 4.71. The van der Waals surface area contributed by atoms with Crippen LogP contribution in [0.25, 0.3) is 11.0 Å². The number of methoxy groups -OCH3 is 1. The molecule has 2 amide bonds. The molecule has 2 aliphatic rings. The molecule has 0 aliphatic carbocycles. The Hall–Kier alpha value is -3.45. The normalized spacial score (nSPS) is 19.8. The SMILES string of the molecule is COCCCN1C(=O)c2oc3ccccc3c(=O)c2[C@@]12C(=O)N(C)c1ccccc12. The van der Waals surface area contributed by atoms with Crippen LogP contribution in [-0.4, -0.2) is 44.0 Å². The third-order valence-electron chi connectivity index (χ3n) is 6.00. The first-order chi connectivity index (χ1) is 14.5. The lowest BCUT2D eigenvalue weighted by Gasteiger charge is -2.33. The molecule has 2 aliphatic heterocycles. The molecule has 0 radical (unpaired) electrons. The number of carbonyl (C=O) groups is 2. The van der Waals surface area contributed by atoms with Crippen LogP contribution in [0.2, 0.25) is 0 Å². The van der Waals surface area contributed by atoms with Crippen molar-refractivity contribution in [3.8, 4) is 0 Å². The summed E-state index contributed by atoms with van der Waals surface area (Å²) >= 11 is 0. The first kappa shape index (κ1) is 18.6. The van der Waals surface area contributed by atoms with Crippen LogP contribution in [0.3, 0.4) is 0 Å². The van der Waals surface area contributed by atoms with Gasteiger partial charge in [-0.1, -0.05) is 30.3 Å². The Balaban J connectivity index is 1.87. The predicted octanol–water partition coefficient (Wildman–Crippen LogP) is 2.51. The average Bonchev–Trinajstić information content (AvgIpc) is 3.14. The second-order valence-corrected chi connectivity index (χ2v) is 7.53. The van der Waals surface area contributed by atoms with E-state index in [1.807, 2.05) is 18.2 Å². The molecule has 7 heteroatoms. The number of hydrogen-bond acceptors (Lipinski definition) is 5. The molecule has 0 unspecified atom stereocenters. The van der Waals surface area contributed by atoms with Gasteiger partial charge in [-0.2, -0.15) is 0 Å². The van der Waals surface area contributed by atoms with Crippen LogP contribution in [0, 0.1) is 0 Å². The zero-order chi connectivity index (χ0) is 21.0. The van der Waals surface area contributed by atoms with Crippen molar-refractivity contribution in [2.24, 2.45) is 0 Å². The zero-order valence-corrected chi connectivity index (χ0v) is 16.7. The van der Waals surface area contributed by atoms with Crippen LogP contribution in [0.1, 0.15) is 28.1 Å². The molecule has 1 aromatic heterocycles. The van der Waals surface area contributed by atoms with E-state index in [2.05, 4.69) is 0 Å². The molecule has 0 fully saturated rings. The lowest BCUT2D eigenvalue weighted by Crippen LogP contribution is -2.53. The highest BCUT2D eigenvalue weighted by Gasteiger charge is 2.64. The van der Waals surface area contributed by atoms with Gasteiger partial charge in [-0.25, -0.2) is 0 Å². The van der Waals surface area contributed by atoms with E-state index in [-0.39, 0.29) is 29.2 Å². The highest BCUT2D eigenvalue weighted by atomic mass is 16.5. The number of nitrogens with zero attached hydrogens (tertiary/aromatic N) is 2. The summed E-state index contributed by atoms with van der Waals surface area (Å²) in [7, 11) is 3.24. The summed E-state index contributed by atoms with van der Waals surface area (Å²) in [5.74, 6) is -0.854. The Morgan fingerprint density at radius 2 is 1.77 bits per heavy atom. The number of benzene rings is 2. The van der Waals surface area contributed by atoms with Gasteiger partial charge in [-0.3, -0.25) is 14.4 Å². The largest absolute Gasteiger partial charge is 0.450 e. The molecule has 7 nitrogen and oxygen atoms in total. The first-order valence-electron chi connectivity index (χ1n) is 9.78. The van der Waals surface area contributed by atoms with Crippen molar-refractivity contribution < 1.29 is 18.7 Å². The monoisotopic (exact) mass is 404 g/mol. The van der Waals surface area contributed by atoms with Gasteiger partial charge in [-0.15, -0.1) is 0 Å². The zero-order valence-electron chi connectivity index (χ0n) is 16.7. The fraction of sp³-hybridized carbons (Fsp3) is 0.261. The molecule has 5 rings (SSSR count). The van der Waals surface area contributed by atoms with Gasteiger partial charge in [0.1, 0.15) is 5.58 Å². The summed E-state index contributed by atoms with van der Waals surface area (Å²) in [6.45, 7) is 0.672. The van der Waals surface area contributed by atoms with Crippen LogP contribution in [0.4, 0.5) is 5.69 Å². The quantitative estimate of drug-likeness (QED) is 0.625. The Morgan fingerprint density at radius 1 is 1.03 bits per heavy atom. The van der Waals surface area contributed by atoms with E-state index in [1.165, 1.54) is 9.80 Å². The summed E-state index contributed by atoms with van der Waals surface area (Å²) < 4.78 is 11.1. The minimum absolute atomic E-state index is 0.0606. The fourth-order valence-corrected chi connectivity index (χ4v) is 4.71. The van der Waals surface area contributed by atoms with E-state index < -0.39 is 11.4 Å². The van der Waals surface area contributed by atoms with Crippen LogP contribution >= 0.6 is 0 Å². The van der Waals surface area contributed by atoms with Crippen molar-refractivity contribution in [3.05, 3.63) is 75.6 Å². The van der Waals surface area contributed by atoms with Crippen LogP contribution in [0.15, 0.2) is 57.7 Å². The number of para-hydroxylation sites is 2. The number of rotatable bonds is 4. The highest BCUT2D eigenvalue weighted by Crippen LogP contribution is 2.51. The Morgan fingerprint density at radius 3 is 2.57 bits per heavy atom. The molecule has 30 heavy (non-hydrogen) atoms. The molecule has 1 spiro atoms. The number of fused-ring (bicyclic) bond motifs is 5. The smallest absolute Gasteiger partial charge is 0.291 e. The Bertz CT molecular complexity index is 1260. The second-order valence-electron chi connectivity index (χ2n) is 7.53. The summed E-state index contributed by atoms with van der Waals surface area (Å²) in [6, 6.07) is 14.1. The maximum atomic E-state index is 13.7. The number of carbonyl (C=O) groups excluding carboxylic acids is 2. The van der Waals surface area contributed by atoms with Crippen LogP contribution in [0.5, 0.6) is 0 Å². The molecule has 152 valence electrons. The van der Waals surface area contributed by atoms with Crippen molar-refractivity contribution in [1.82, 2.24) is 4.90 Å². The average molecular weight is 404 g/mol. The second kappa shape index (κ2) is 6.53. The van der Waals surface area contributed by atoms with Crippen molar-refractivity contribution in [2.75, 3.05) is 32.2 Å². The number of ether oxygens (including phenoxy) is 1. The van der Waals surface area contributed by atoms with Gasteiger partial charge in [0, 0.05) is 38.6 Å². The van der Waals surface area contributed by atoms with E-state index in [0.29, 0.717) is 35.2 Å². The van der Waals surface area contributed by atoms with E-state index in [9.17, 15) is 14.4 Å². The van der Waals surface area contributed by atoms with E-state index in [0.717, 1.165) is 0 Å². The minimum Gasteiger partial charge on any atom is -0.450 e. The van der Waals surface area contributed by atoms with Gasteiger partial charge in [0.15, 0.2) is 11.0 Å². The summed E-state index contributed by atoms with van der Waals surface area (Å²) in [5, 5.41) is 0.349. The third-order valence-corrected chi connectivity index (χ3v) is 6.00. The van der Waals surface area contributed by atoms with Crippen LogP contribution in [-0.2, 0) is 15.1 Å². The van der Waals surface area contributed by atoms with Gasteiger partial charge < -0.3 is 19.0 Å². The number of likely N-dealkylation sites (N-methyl/N-ethyl adjacent to an activating group) is 1. The predicted molar refractivity (Wildman–Crippen MR) is 111 cm³/mol. The maximum Gasteiger partial charge on any atom is 0.291 e. The maximum absolute atomic E-state index is 13.7. The summed E-state index contributed by atoms with van der Waals surface area (Å²) in [5.41, 5.74) is -0.165. The number of hydrogen-bond donors (Lipinski definition) is 0. The van der Waals surface area contributed by atoms with Crippen molar-refractivity contribution in [3.63, 3.8) is 0 Å². The van der Waals surface area contributed by atoms with Crippen LogP contribution < -0.4 is 10.3 Å². The molecule has 0 bridgehead atoms. The molecular formula is C23H20N2O5. The van der Waals surface area contributed by atoms with Gasteiger partial charge in [0.2, 0.25) is 5.76 Å². The topological polar surface area (TPSA) is 80.1 Å². The molecule has 2 aromatic carbocycles. The van der Waals surface area contributed by atoms with Crippen molar-refractivity contribution in [2.45, 2.75) is 12.0 Å². The van der Waals surface area contributed by atoms with Crippen molar-refractivity contribution in [1.29, 1.82) is 0 Å². The number of amides is 2. The van der Waals surface area contributed by atoms with Gasteiger partial charge in [-0.05, 0) is 24.6 Å². The minimum atomic E-state index is -1.53. The molecule has 0 saturated carbocycles. The lowest BCUT2D eigenvalue weighted by molar-refractivity contribution is -0.125.